The van der Waals surface area contributed by atoms with Crippen LogP contribution in [0.5, 0.6) is 0 Å². The molecule has 0 aliphatic carbocycles. The van der Waals surface area contributed by atoms with Gasteiger partial charge in [0.25, 0.3) is 0 Å². The Bertz CT molecular complexity index is 829. The molecule has 9 heteroatoms. The number of hydrogen-bond acceptors (Lipinski definition) is 8. The van der Waals surface area contributed by atoms with E-state index in [-0.39, 0.29) is 35.0 Å². The Morgan fingerprint density at radius 3 is 2.58 bits per heavy atom. The average molecular weight is 459 g/mol. The standard InChI is InChI=1S/C24H36N5O4/c1-17(2)15-20(22(30)24-26-28(16-18(3)4)29(32)33-24)25-23(31)21-11-8-13-27(21)14-12-19-9-6-5-7-10-19/h5-7,9-10,17-18,20-21H,8,11-16H2,1-4H3,(H,25,31)/q-1/t20-,21-/m0/s1. The zero-order valence-electron chi connectivity index (χ0n) is 20.1. The Labute approximate surface area is 196 Å². The van der Waals surface area contributed by atoms with Crippen molar-refractivity contribution in [1.82, 2.24) is 20.7 Å². The van der Waals surface area contributed by atoms with Gasteiger partial charge in [-0.1, -0.05) is 63.4 Å². The highest BCUT2D eigenvalue weighted by Gasteiger charge is 2.36. The maximum absolute atomic E-state index is 13.2. The zero-order chi connectivity index (χ0) is 24.0. The molecule has 33 heavy (non-hydrogen) atoms. The van der Waals surface area contributed by atoms with Crippen molar-refractivity contribution in [1.29, 1.82) is 0 Å². The predicted molar refractivity (Wildman–Crippen MR) is 126 cm³/mol. The molecule has 9 nitrogen and oxygen atoms in total. The average Bonchev–Trinajstić information content (AvgIpc) is 3.38. The van der Waals surface area contributed by atoms with Crippen LogP contribution >= 0.6 is 0 Å². The van der Waals surface area contributed by atoms with Gasteiger partial charge in [0, 0.05) is 6.54 Å². The fourth-order valence-corrected chi connectivity index (χ4v) is 4.24. The molecule has 0 unspecified atom stereocenters. The van der Waals surface area contributed by atoms with E-state index in [1.54, 1.807) is 0 Å². The first-order valence-corrected chi connectivity index (χ1v) is 11.9. The first-order chi connectivity index (χ1) is 15.7. The molecule has 3 rings (SSSR count). The summed E-state index contributed by atoms with van der Waals surface area (Å²) < 4.78 is 0. The molecular weight excluding hydrogens is 422 g/mol. The van der Waals surface area contributed by atoms with Crippen molar-refractivity contribution in [2.24, 2.45) is 16.9 Å². The molecule has 0 aromatic heterocycles. The molecule has 1 fully saturated rings. The van der Waals surface area contributed by atoms with E-state index in [0.29, 0.717) is 13.0 Å². The summed E-state index contributed by atoms with van der Waals surface area (Å²) in [5.41, 5.74) is 1.24. The van der Waals surface area contributed by atoms with Gasteiger partial charge in [-0.2, -0.15) is 0 Å². The molecule has 1 aromatic rings. The first kappa shape index (κ1) is 25.1. The van der Waals surface area contributed by atoms with Crippen molar-refractivity contribution in [3.05, 3.63) is 41.1 Å². The lowest BCUT2D eigenvalue weighted by Gasteiger charge is -2.29. The second-order valence-corrected chi connectivity index (χ2v) is 9.67. The Hall–Kier alpha value is -2.49. The van der Waals surface area contributed by atoms with Crippen LogP contribution in [-0.4, -0.2) is 64.7 Å². The fraction of sp³-hybridized carbons (Fsp3) is 0.625. The number of benzene rings is 1. The molecule has 1 amide bonds. The third-order valence-corrected chi connectivity index (χ3v) is 5.84. The van der Waals surface area contributed by atoms with Crippen LogP contribution in [0.25, 0.3) is 0 Å². The lowest BCUT2D eigenvalue weighted by atomic mass is 9.99. The Kier molecular flexibility index (Phi) is 8.82. The van der Waals surface area contributed by atoms with Crippen molar-refractivity contribution in [3.8, 4) is 0 Å². The normalized spacial score (nSPS) is 20.3. The molecule has 1 aromatic carbocycles. The number of amides is 1. The lowest BCUT2D eigenvalue weighted by molar-refractivity contribution is -0.167. The monoisotopic (exact) mass is 458 g/mol. The molecule has 1 saturated heterocycles. The smallest absolute Gasteiger partial charge is 0.302 e. The number of hydrogen-bond donors (Lipinski definition) is 1. The molecule has 2 atom stereocenters. The van der Waals surface area contributed by atoms with Crippen LogP contribution in [0.4, 0.5) is 0 Å². The number of rotatable bonds is 11. The van der Waals surface area contributed by atoms with Gasteiger partial charge in [-0.3, -0.25) is 14.5 Å². The van der Waals surface area contributed by atoms with Gasteiger partial charge in [-0.15, -0.1) is 5.10 Å². The molecule has 182 valence electrons. The van der Waals surface area contributed by atoms with Crippen LogP contribution in [0, 0.1) is 17.0 Å². The molecular formula is C24H36N5O4-. The second-order valence-electron chi connectivity index (χ2n) is 9.67. The van der Waals surface area contributed by atoms with Crippen molar-refractivity contribution < 1.29 is 14.4 Å². The third kappa shape index (κ3) is 6.99. The lowest BCUT2D eigenvalue weighted by Crippen LogP contribution is -2.51. The Balaban J connectivity index is 1.64. The Morgan fingerprint density at radius 1 is 1.18 bits per heavy atom. The number of hydrazine groups is 1. The van der Waals surface area contributed by atoms with Gasteiger partial charge in [0.05, 0.1) is 18.6 Å². The van der Waals surface area contributed by atoms with E-state index in [4.69, 9.17) is 4.84 Å². The van der Waals surface area contributed by atoms with Crippen molar-refractivity contribution in [2.75, 3.05) is 19.6 Å². The second kappa shape index (κ2) is 11.6. The SMILES string of the molecule is CC(C)C[C@H](NC(=O)[C@@H]1CCCN1CCc1ccccc1)C(=O)C1=NN(CC(C)C)N([O-])O1. The maximum atomic E-state index is 13.2. The van der Waals surface area contributed by atoms with Gasteiger partial charge in [-0.05, 0) is 49.6 Å². The van der Waals surface area contributed by atoms with Gasteiger partial charge < -0.3 is 15.4 Å². The number of Topliss-reactive ketones (excluding diaryl/α,β-unsaturated/α-hetero) is 1. The molecule has 1 N–H and O–H groups in total. The molecule has 2 aliphatic heterocycles. The van der Waals surface area contributed by atoms with Crippen LogP contribution in [-0.2, 0) is 20.8 Å². The number of nitrogens with one attached hydrogen (secondary N) is 1. The van der Waals surface area contributed by atoms with E-state index in [9.17, 15) is 14.8 Å². The number of likely N-dealkylation sites (tertiary alicyclic amines) is 1. The molecule has 2 heterocycles. The van der Waals surface area contributed by atoms with Gasteiger partial charge >= 0.3 is 5.90 Å². The van der Waals surface area contributed by atoms with Crippen LogP contribution in [0.1, 0.15) is 52.5 Å². The van der Waals surface area contributed by atoms with E-state index in [2.05, 4.69) is 27.5 Å². The number of hydrazone groups is 1. The zero-order valence-corrected chi connectivity index (χ0v) is 20.1. The van der Waals surface area contributed by atoms with E-state index in [1.807, 2.05) is 45.9 Å². The minimum absolute atomic E-state index is 0.156. The summed E-state index contributed by atoms with van der Waals surface area (Å²) in [5, 5.41) is 20.3. The van der Waals surface area contributed by atoms with Crippen LogP contribution in [0.2, 0.25) is 0 Å². The molecule has 2 aliphatic rings. The van der Waals surface area contributed by atoms with E-state index >= 15 is 0 Å². The number of carbonyl (C=O) groups is 2. The third-order valence-electron chi connectivity index (χ3n) is 5.84. The molecule has 0 saturated carbocycles. The summed E-state index contributed by atoms with van der Waals surface area (Å²) in [4.78, 5) is 33.6. The highest BCUT2D eigenvalue weighted by Crippen LogP contribution is 2.20. The van der Waals surface area contributed by atoms with Crippen molar-refractivity contribution in [2.45, 2.75) is 65.5 Å². The van der Waals surface area contributed by atoms with Gasteiger partial charge in [0.1, 0.15) is 0 Å². The summed E-state index contributed by atoms with van der Waals surface area (Å²) in [7, 11) is 0. The van der Waals surface area contributed by atoms with E-state index in [1.165, 1.54) is 5.56 Å². The summed E-state index contributed by atoms with van der Waals surface area (Å²) in [6.45, 7) is 9.83. The van der Waals surface area contributed by atoms with E-state index in [0.717, 1.165) is 37.5 Å². The summed E-state index contributed by atoms with van der Waals surface area (Å²) in [6.07, 6.45) is 3.01. The van der Waals surface area contributed by atoms with Gasteiger partial charge in [0.15, 0.2) is 0 Å². The Morgan fingerprint density at radius 2 is 1.91 bits per heavy atom. The number of nitrogens with zero attached hydrogens (tertiary/aromatic N) is 4. The van der Waals surface area contributed by atoms with Crippen LogP contribution < -0.4 is 5.32 Å². The highest BCUT2D eigenvalue weighted by atomic mass is 16.9. The highest BCUT2D eigenvalue weighted by molar-refractivity contribution is 6.38. The topological polar surface area (TPSA) is 101 Å². The largest absolute Gasteiger partial charge is 0.732 e. The number of carbonyl (C=O) groups excluding carboxylic acids is 2. The predicted octanol–water partition coefficient (Wildman–Crippen LogP) is 2.73. The van der Waals surface area contributed by atoms with Crippen molar-refractivity contribution in [3.63, 3.8) is 0 Å². The van der Waals surface area contributed by atoms with Gasteiger partial charge in [0.2, 0.25) is 11.7 Å². The minimum atomic E-state index is -0.791. The summed E-state index contributed by atoms with van der Waals surface area (Å²) in [5.74, 6) is -0.578. The van der Waals surface area contributed by atoms with Gasteiger partial charge in [-0.25, -0.2) is 5.12 Å². The summed E-state index contributed by atoms with van der Waals surface area (Å²) in [6, 6.07) is 9.15. The molecule has 0 bridgehead atoms. The van der Waals surface area contributed by atoms with E-state index < -0.39 is 11.8 Å². The maximum Gasteiger partial charge on any atom is 0.302 e. The molecule has 0 spiro atoms. The minimum Gasteiger partial charge on any atom is -0.732 e. The first-order valence-electron chi connectivity index (χ1n) is 11.9. The quantitative estimate of drug-likeness (QED) is 0.544. The molecule has 0 radical (unpaired) electrons. The van der Waals surface area contributed by atoms with Crippen LogP contribution in [0.3, 0.4) is 0 Å². The summed E-state index contributed by atoms with van der Waals surface area (Å²) >= 11 is 0. The number of ketones is 1. The van der Waals surface area contributed by atoms with Crippen molar-refractivity contribution >= 4 is 17.6 Å². The van der Waals surface area contributed by atoms with Crippen LogP contribution in [0.15, 0.2) is 35.4 Å². The fourth-order valence-electron chi connectivity index (χ4n) is 4.24.